The molecule has 2 aromatic rings. The fourth-order valence-corrected chi connectivity index (χ4v) is 2.81. The molecule has 0 amide bonds. The lowest BCUT2D eigenvalue weighted by atomic mass is 10.1. The smallest absolute Gasteiger partial charge is 0.175 e. The number of benzene rings is 2. The van der Waals surface area contributed by atoms with Crippen LogP contribution in [0.3, 0.4) is 0 Å². The van der Waals surface area contributed by atoms with Crippen molar-refractivity contribution in [3.05, 3.63) is 53.1 Å². The van der Waals surface area contributed by atoms with Gasteiger partial charge in [0, 0.05) is 4.90 Å². The van der Waals surface area contributed by atoms with Crippen molar-refractivity contribution in [2.24, 2.45) is 10.9 Å². The molecule has 4 nitrogen and oxygen atoms in total. The minimum absolute atomic E-state index is 0.0410. The third-order valence-corrected chi connectivity index (χ3v) is 3.77. The van der Waals surface area contributed by atoms with Crippen molar-refractivity contribution in [3.63, 3.8) is 0 Å². The maximum atomic E-state index is 8.99. The zero-order chi connectivity index (χ0) is 15.4. The van der Waals surface area contributed by atoms with Gasteiger partial charge in [0.1, 0.15) is 11.5 Å². The van der Waals surface area contributed by atoms with E-state index >= 15 is 0 Å². The van der Waals surface area contributed by atoms with E-state index in [1.165, 1.54) is 11.8 Å². The molecule has 0 aliphatic carbocycles. The number of hydrogen-bond acceptors (Lipinski definition) is 4. The molecule has 21 heavy (non-hydrogen) atoms. The van der Waals surface area contributed by atoms with Gasteiger partial charge >= 0.3 is 0 Å². The Balaban J connectivity index is 2.48. The van der Waals surface area contributed by atoms with E-state index < -0.39 is 0 Å². The molecule has 0 spiro atoms. The molecule has 0 fully saturated rings. The van der Waals surface area contributed by atoms with Gasteiger partial charge in [0.25, 0.3) is 0 Å². The van der Waals surface area contributed by atoms with Crippen LogP contribution in [0, 0.1) is 13.8 Å². The first-order valence-corrected chi connectivity index (χ1v) is 7.68. The first-order chi connectivity index (χ1) is 10.0. The summed E-state index contributed by atoms with van der Waals surface area (Å²) in [5.74, 6) is 1.35. The summed E-state index contributed by atoms with van der Waals surface area (Å²) in [6.07, 6.45) is 1.93. The van der Waals surface area contributed by atoms with Crippen molar-refractivity contribution >= 4 is 17.6 Å². The molecule has 5 heteroatoms. The summed E-state index contributed by atoms with van der Waals surface area (Å²) >= 11 is 1.52. The quantitative estimate of drug-likeness (QED) is 0.295. The molecule has 2 rings (SSSR count). The van der Waals surface area contributed by atoms with Crippen LogP contribution in [-0.2, 0) is 0 Å². The van der Waals surface area contributed by atoms with E-state index in [9.17, 15) is 0 Å². The Morgan fingerprint density at radius 3 is 2.43 bits per heavy atom. The molecule has 0 aliphatic rings. The molecule has 0 radical (unpaired) electrons. The zero-order valence-electron chi connectivity index (χ0n) is 12.3. The minimum atomic E-state index is 0.0410. The molecule has 3 N–H and O–H groups in total. The number of aryl methyl sites for hydroxylation is 2. The summed E-state index contributed by atoms with van der Waals surface area (Å²) in [6, 6.07) is 11.6. The second-order valence-electron chi connectivity index (χ2n) is 4.74. The Kier molecular flexibility index (Phi) is 4.75. The summed E-state index contributed by atoms with van der Waals surface area (Å²) in [7, 11) is 0. The predicted molar refractivity (Wildman–Crippen MR) is 86.7 cm³/mol. The van der Waals surface area contributed by atoms with Gasteiger partial charge in [-0.25, -0.2) is 0 Å². The van der Waals surface area contributed by atoms with Crippen molar-refractivity contribution in [1.82, 2.24) is 0 Å². The SMILES string of the molecule is CSc1cccc(Oc2cc(C)cc(C)c2)c1/C(N)=N/O. The monoisotopic (exact) mass is 302 g/mol. The van der Waals surface area contributed by atoms with Crippen LogP contribution in [0.2, 0.25) is 0 Å². The maximum Gasteiger partial charge on any atom is 0.175 e. The highest BCUT2D eigenvalue weighted by Gasteiger charge is 2.14. The van der Waals surface area contributed by atoms with Crippen molar-refractivity contribution in [2.45, 2.75) is 18.7 Å². The summed E-state index contributed by atoms with van der Waals surface area (Å²) < 4.78 is 5.95. The van der Waals surface area contributed by atoms with E-state index in [0.717, 1.165) is 21.8 Å². The van der Waals surface area contributed by atoms with Crippen molar-refractivity contribution < 1.29 is 9.94 Å². The largest absolute Gasteiger partial charge is 0.457 e. The van der Waals surface area contributed by atoms with Crippen molar-refractivity contribution in [1.29, 1.82) is 0 Å². The molecule has 0 aromatic heterocycles. The Bertz CT molecular complexity index is 664. The van der Waals surface area contributed by atoms with E-state index in [-0.39, 0.29) is 5.84 Å². The van der Waals surface area contributed by atoms with E-state index in [4.69, 9.17) is 15.7 Å². The molecule has 0 atom stereocenters. The molecule has 0 bridgehead atoms. The van der Waals surface area contributed by atoms with E-state index in [0.29, 0.717) is 11.3 Å². The molecule has 0 unspecified atom stereocenters. The van der Waals surface area contributed by atoms with Gasteiger partial charge in [0.2, 0.25) is 0 Å². The predicted octanol–water partition coefficient (Wildman–Crippen LogP) is 3.91. The Morgan fingerprint density at radius 2 is 1.86 bits per heavy atom. The lowest BCUT2D eigenvalue weighted by Crippen LogP contribution is -2.15. The number of nitrogens with two attached hydrogens (primary N) is 1. The highest BCUT2D eigenvalue weighted by Crippen LogP contribution is 2.32. The zero-order valence-corrected chi connectivity index (χ0v) is 13.1. The molecule has 0 saturated heterocycles. The van der Waals surface area contributed by atoms with Crippen LogP contribution in [-0.4, -0.2) is 17.3 Å². The van der Waals surface area contributed by atoms with Gasteiger partial charge in [0.15, 0.2) is 5.84 Å². The van der Waals surface area contributed by atoms with Crippen LogP contribution in [0.15, 0.2) is 46.4 Å². The van der Waals surface area contributed by atoms with Crippen LogP contribution in [0.4, 0.5) is 0 Å². The van der Waals surface area contributed by atoms with Gasteiger partial charge in [-0.1, -0.05) is 17.3 Å². The minimum Gasteiger partial charge on any atom is -0.457 e. The lowest BCUT2D eigenvalue weighted by molar-refractivity contribution is 0.318. The van der Waals surface area contributed by atoms with Crippen LogP contribution in [0.5, 0.6) is 11.5 Å². The third kappa shape index (κ3) is 3.49. The first kappa shape index (κ1) is 15.3. The number of ether oxygens (including phenoxy) is 1. The third-order valence-electron chi connectivity index (χ3n) is 2.99. The van der Waals surface area contributed by atoms with Gasteiger partial charge < -0.3 is 15.7 Å². The number of rotatable bonds is 4. The van der Waals surface area contributed by atoms with Gasteiger partial charge in [0.05, 0.1) is 5.56 Å². The van der Waals surface area contributed by atoms with Crippen LogP contribution in [0.1, 0.15) is 16.7 Å². The summed E-state index contributed by atoms with van der Waals surface area (Å²) in [5, 5.41) is 12.1. The number of thioether (sulfide) groups is 1. The summed E-state index contributed by atoms with van der Waals surface area (Å²) in [6.45, 7) is 4.03. The Morgan fingerprint density at radius 1 is 1.19 bits per heavy atom. The first-order valence-electron chi connectivity index (χ1n) is 6.46. The van der Waals surface area contributed by atoms with Crippen molar-refractivity contribution in [3.8, 4) is 11.5 Å². The van der Waals surface area contributed by atoms with E-state index in [1.54, 1.807) is 0 Å². The number of hydrogen-bond donors (Lipinski definition) is 2. The van der Waals surface area contributed by atoms with Gasteiger partial charge in [-0.3, -0.25) is 0 Å². The van der Waals surface area contributed by atoms with Crippen LogP contribution >= 0.6 is 11.8 Å². The molecule has 0 heterocycles. The molecule has 0 saturated carbocycles. The van der Waals surface area contributed by atoms with Crippen LogP contribution < -0.4 is 10.5 Å². The molecular formula is C16H18N2O2S. The van der Waals surface area contributed by atoms with E-state index in [1.807, 2.05) is 50.4 Å². The highest BCUT2D eigenvalue weighted by molar-refractivity contribution is 7.98. The average molecular weight is 302 g/mol. The number of oxime groups is 1. The fourth-order valence-electron chi connectivity index (χ4n) is 2.19. The number of nitrogens with zero attached hydrogens (tertiary/aromatic N) is 1. The Labute approximate surface area is 128 Å². The van der Waals surface area contributed by atoms with Crippen molar-refractivity contribution in [2.75, 3.05) is 6.26 Å². The second-order valence-corrected chi connectivity index (χ2v) is 5.59. The Hall–Kier alpha value is -2.14. The molecule has 110 valence electrons. The normalized spacial score (nSPS) is 11.5. The lowest BCUT2D eigenvalue weighted by Gasteiger charge is -2.14. The molecule has 2 aromatic carbocycles. The van der Waals surface area contributed by atoms with Gasteiger partial charge in [-0.2, -0.15) is 0 Å². The highest BCUT2D eigenvalue weighted by atomic mass is 32.2. The fraction of sp³-hybridized carbons (Fsp3) is 0.188. The standard InChI is InChI=1S/C16H18N2O2S/c1-10-7-11(2)9-12(8-10)20-13-5-4-6-14(21-3)15(13)16(17)18-19/h4-9,19H,1-3H3,(H2,17,18). The molecular weight excluding hydrogens is 284 g/mol. The second kappa shape index (κ2) is 6.54. The summed E-state index contributed by atoms with van der Waals surface area (Å²) in [5.41, 5.74) is 8.64. The van der Waals surface area contributed by atoms with Gasteiger partial charge in [-0.15, -0.1) is 11.8 Å². The number of amidine groups is 1. The molecule has 0 aliphatic heterocycles. The average Bonchev–Trinajstić information content (AvgIpc) is 2.45. The summed E-state index contributed by atoms with van der Waals surface area (Å²) in [4.78, 5) is 0.896. The van der Waals surface area contributed by atoms with Gasteiger partial charge in [-0.05, 0) is 55.5 Å². The van der Waals surface area contributed by atoms with Crippen LogP contribution in [0.25, 0.3) is 0 Å². The maximum absolute atomic E-state index is 8.99. The topological polar surface area (TPSA) is 67.8 Å². The van der Waals surface area contributed by atoms with E-state index in [2.05, 4.69) is 11.2 Å².